The van der Waals surface area contributed by atoms with Crippen molar-refractivity contribution < 1.29 is 9.53 Å². The summed E-state index contributed by atoms with van der Waals surface area (Å²) >= 11 is 0. The zero-order chi connectivity index (χ0) is 9.68. The van der Waals surface area contributed by atoms with Gasteiger partial charge in [0.2, 0.25) is 0 Å². The van der Waals surface area contributed by atoms with Gasteiger partial charge in [-0.15, -0.1) is 0 Å². The first-order valence-electron chi connectivity index (χ1n) is 4.05. The Morgan fingerprint density at radius 3 is 2.23 bits per heavy atom. The second-order valence-corrected chi connectivity index (χ2v) is 2.67. The number of methoxy groups -OCH3 is 1. The van der Waals surface area contributed by atoms with Gasteiger partial charge in [-0.2, -0.15) is 0 Å². The quantitative estimate of drug-likeness (QED) is 0.490. The Balaban J connectivity index is 0.000000133. The van der Waals surface area contributed by atoms with E-state index in [4.69, 9.17) is 0 Å². The van der Waals surface area contributed by atoms with Gasteiger partial charge in [0.05, 0.1) is 7.11 Å². The van der Waals surface area contributed by atoms with Crippen LogP contribution in [0.1, 0.15) is 11.1 Å². The molecule has 1 aliphatic rings. The fourth-order valence-electron chi connectivity index (χ4n) is 0.920. The molecule has 0 aliphatic heterocycles. The van der Waals surface area contributed by atoms with Gasteiger partial charge in [0.1, 0.15) is 0 Å². The van der Waals surface area contributed by atoms with Crippen LogP contribution in [-0.4, -0.2) is 13.1 Å². The Bertz CT molecular complexity index is 295. The minimum absolute atomic E-state index is 0.394. The Kier molecular flexibility index (Phi) is 3.26. The number of carbonyl (C=O) groups is 1. The highest BCUT2D eigenvalue weighted by atomic mass is 16.5. The summed E-state index contributed by atoms with van der Waals surface area (Å²) in [4.78, 5) is 9.84. The molecule has 2 heteroatoms. The molecule has 13 heavy (non-hydrogen) atoms. The lowest BCUT2D eigenvalue weighted by atomic mass is 10.4. The van der Waals surface area contributed by atoms with E-state index in [-0.39, 0.29) is 0 Å². The van der Waals surface area contributed by atoms with Gasteiger partial charge in [0.15, 0.2) is 0 Å². The van der Waals surface area contributed by atoms with E-state index in [1.54, 1.807) is 0 Å². The number of hydrogen-bond donors (Lipinski definition) is 0. The van der Waals surface area contributed by atoms with Crippen LogP contribution >= 0.6 is 0 Å². The average molecular weight is 176 g/mol. The number of hydrogen-bond acceptors (Lipinski definition) is 2. The van der Waals surface area contributed by atoms with Gasteiger partial charge >= 0.3 is 5.97 Å². The molecule has 0 saturated heterocycles. The van der Waals surface area contributed by atoms with Crippen molar-refractivity contribution in [2.24, 2.45) is 0 Å². The van der Waals surface area contributed by atoms with Crippen molar-refractivity contribution in [2.75, 3.05) is 7.11 Å². The molecule has 0 heterocycles. The maximum absolute atomic E-state index is 9.84. The number of rotatable bonds is 1. The van der Waals surface area contributed by atoms with Crippen LogP contribution in [0, 0.1) is 0 Å². The van der Waals surface area contributed by atoms with Gasteiger partial charge in [-0.25, -0.2) is 4.79 Å². The molecule has 0 atom stereocenters. The summed E-state index contributed by atoms with van der Waals surface area (Å²) in [5.41, 5.74) is 3.06. The molecule has 1 aromatic rings. The zero-order valence-corrected chi connectivity index (χ0v) is 7.62. The molecule has 0 N–H and O–H groups in total. The molecule has 2 rings (SSSR count). The topological polar surface area (TPSA) is 26.3 Å². The lowest BCUT2D eigenvalue weighted by Gasteiger charge is -1.83. The summed E-state index contributed by atoms with van der Waals surface area (Å²) in [5.74, 6) is -0.394. The Morgan fingerprint density at radius 1 is 1.46 bits per heavy atom. The van der Waals surface area contributed by atoms with Crippen LogP contribution in [0.4, 0.5) is 0 Å². The third-order valence-corrected chi connectivity index (χ3v) is 1.74. The summed E-state index contributed by atoms with van der Waals surface area (Å²) in [6, 6.07) is 8.53. The van der Waals surface area contributed by atoms with Crippen LogP contribution < -0.4 is 0 Å². The van der Waals surface area contributed by atoms with Crippen molar-refractivity contribution in [3.8, 4) is 0 Å². The van der Waals surface area contributed by atoms with Crippen molar-refractivity contribution in [1.82, 2.24) is 0 Å². The maximum Gasteiger partial charge on any atom is 0.329 e. The van der Waals surface area contributed by atoms with E-state index in [9.17, 15) is 4.79 Å². The Hall–Kier alpha value is -1.57. The first-order valence-corrected chi connectivity index (χ1v) is 4.05. The van der Waals surface area contributed by atoms with E-state index in [1.807, 2.05) is 0 Å². The number of ether oxygens (including phenoxy) is 1. The molecule has 0 fully saturated rings. The lowest BCUT2D eigenvalue weighted by Crippen LogP contribution is -1.91. The zero-order valence-electron chi connectivity index (χ0n) is 7.62. The van der Waals surface area contributed by atoms with Crippen LogP contribution in [-0.2, 0) is 16.0 Å². The van der Waals surface area contributed by atoms with E-state index in [1.165, 1.54) is 24.7 Å². The molecule has 1 aliphatic carbocycles. The van der Waals surface area contributed by atoms with E-state index >= 15 is 0 Å². The lowest BCUT2D eigenvalue weighted by molar-refractivity contribution is -0.134. The van der Waals surface area contributed by atoms with Gasteiger partial charge in [0, 0.05) is 6.08 Å². The molecule has 68 valence electrons. The van der Waals surface area contributed by atoms with Crippen LogP contribution in [0.15, 0.2) is 36.9 Å². The summed E-state index contributed by atoms with van der Waals surface area (Å²) in [7, 11) is 1.31. The van der Waals surface area contributed by atoms with Crippen LogP contribution in [0.2, 0.25) is 0 Å². The summed E-state index contributed by atoms with van der Waals surface area (Å²) in [6.45, 7) is 3.16. The van der Waals surface area contributed by atoms with Gasteiger partial charge in [-0.1, -0.05) is 30.8 Å². The molecular formula is C11H12O2. The molecule has 0 bridgehead atoms. The molecular weight excluding hydrogens is 164 g/mol. The molecule has 0 saturated carbocycles. The van der Waals surface area contributed by atoms with Crippen molar-refractivity contribution >= 4 is 5.97 Å². The Labute approximate surface area is 77.8 Å². The third kappa shape index (κ3) is 3.11. The molecule has 1 aromatic carbocycles. The predicted molar refractivity (Wildman–Crippen MR) is 51.5 cm³/mol. The fourth-order valence-corrected chi connectivity index (χ4v) is 0.920. The first-order chi connectivity index (χ1) is 6.27. The van der Waals surface area contributed by atoms with Gasteiger partial charge < -0.3 is 4.74 Å². The maximum atomic E-state index is 9.84. The van der Waals surface area contributed by atoms with Crippen LogP contribution in [0.3, 0.4) is 0 Å². The molecule has 0 aromatic heterocycles. The number of esters is 1. The smallest absolute Gasteiger partial charge is 0.329 e. The van der Waals surface area contributed by atoms with Crippen molar-refractivity contribution in [3.05, 3.63) is 48.0 Å². The van der Waals surface area contributed by atoms with Gasteiger partial charge in [-0.3, -0.25) is 0 Å². The number of fused-ring (bicyclic) bond motifs is 1. The predicted octanol–water partition coefficient (Wildman–Crippen LogP) is 1.94. The second-order valence-electron chi connectivity index (χ2n) is 2.67. The van der Waals surface area contributed by atoms with Gasteiger partial charge in [0.25, 0.3) is 0 Å². The largest absolute Gasteiger partial charge is 0.466 e. The minimum atomic E-state index is -0.394. The first kappa shape index (κ1) is 9.52. The highest BCUT2D eigenvalue weighted by Gasteiger charge is 2.12. The van der Waals surface area contributed by atoms with E-state index < -0.39 is 5.97 Å². The highest BCUT2D eigenvalue weighted by molar-refractivity contribution is 5.80. The summed E-state index contributed by atoms with van der Waals surface area (Å²) < 4.78 is 4.14. The normalized spacial score (nSPS) is 10.2. The second kappa shape index (κ2) is 4.45. The minimum Gasteiger partial charge on any atom is -0.466 e. The molecule has 0 unspecified atom stereocenters. The fraction of sp³-hybridized carbons (Fsp3) is 0.182. The van der Waals surface area contributed by atoms with Crippen molar-refractivity contribution in [3.63, 3.8) is 0 Å². The Morgan fingerprint density at radius 2 is 2.00 bits per heavy atom. The molecule has 2 nitrogen and oxygen atoms in total. The highest BCUT2D eigenvalue weighted by Crippen LogP contribution is 2.25. The molecule has 0 amide bonds. The third-order valence-electron chi connectivity index (χ3n) is 1.74. The SMILES string of the molecule is C=CC(=O)OC.c1ccc2c(c1)C2. The molecule has 0 radical (unpaired) electrons. The average Bonchev–Trinajstić information content (AvgIpc) is 2.96. The van der Waals surface area contributed by atoms with Crippen LogP contribution in [0.5, 0.6) is 0 Å². The number of benzene rings is 1. The van der Waals surface area contributed by atoms with Gasteiger partial charge in [-0.05, 0) is 17.5 Å². The van der Waals surface area contributed by atoms with E-state index in [2.05, 4.69) is 35.6 Å². The van der Waals surface area contributed by atoms with E-state index in [0.717, 1.165) is 6.08 Å². The molecule has 0 spiro atoms. The summed E-state index contributed by atoms with van der Waals surface area (Å²) in [5, 5.41) is 0. The van der Waals surface area contributed by atoms with E-state index in [0.29, 0.717) is 0 Å². The standard InChI is InChI=1S/C7H6.C4H6O2/c1-2-4-7-5-6(7)3-1;1-3-4(5)6-2/h1-4H,5H2;3H,1H2,2H3. The summed E-state index contributed by atoms with van der Waals surface area (Å²) in [6.07, 6.45) is 2.35. The van der Waals surface area contributed by atoms with Crippen LogP contribution in [0.25, 0.3) is 0 Å². The number of carbonyl (C=O) groups excluding carboxylic acids is 1. The monoisotopic (exact) mass is 176 g/mol. The van der Waals surface area contributed by atoms with Crippen molar-refractivity contribution in [1.29, 1.82) is 0 Å². The van der Waals surface area contributed by atoms with Crippen molar-refractivity contribution in [2.45, 2.75) is 6.42 Å².